The number of aryl methyl sites for hydroxylation is 2. The van der Waals surface area contributed by atoms with Crippen LogP contribution >= 0.6 is 0 Å². The van der Waals surface area contributed by atoms with Crippen molar-refractivity contribution in [2.45, 2.75) is 91.6 Å². The van der Waals surface area contributed by atoms with E-state index in [9.17, 15) is 18.7 Å². The van der Waals surface area contributed by atoms with Gasteiger partial charge in [0.05, 0.1) is 5.69 Å². The zero-order valence-electron chi connectivity index (χ0n) is 20.3. The smallest absolute Gasteiger partial charge is 0.265 e. The molecule has 1 atom stereocenters. The van der Waals surface area contributed by atoms with Crippen molar-refractivity contribution in [2.75, 3.05) is 5.32 Å². The second-order valence-electron chi connectivity index (χ2n) is 8.55. The molecular formula is C27H37F2NO3. The van der Waals surface area contributed by atoms with Gasteiger partial charge in [0.1, 0.15) is 11.6 Å². The summed E-state index contributed by atoms with van der Waals surface area (Å²) in [6.07, 6.45) is 8.11. The maximum absolute atomic E-state index is 14.0. The minimum atomic E-state index is -1.09. The molecule has 0 saturated heterocycles. The van der Waals surface area contributed by atoms with Crippen LogP contribution in [-0.2, 0) is 17.6 Å². The van der Waals surface area contributed by atoms with Crippen molar-refractivity contribution >= 4 is 11.6 Å². The van der Waals surface area contributed by atoms with Crippen LogP contribution in [-0.4, -0.2) is 17.1 Å². The topological polar surface area (TPSA) is 58.6 Å². The molecule has 0 aliphatic carbocycles. The molecule has 2 rings (SSSR count). The van der Waals surface area contributed by atoms with Crippen molar-refractivity contribution in [3.05, 3.63) is 52.6 Å². The maximum atomic E-state index is 14.0. The van der Waals surface area contributed by atoms with Crippen molar-refractivity contribution in [3.8, 4) is 11.5 Å². The van der Waals surface area contributed by atoms with Crippen LogP contribution in [0.3, 0.4) is 0 Å². The summed E-state index contributed by atoms with van der Waals surface area (Å²) in [7, 11) is 0. The van der Waals surface area contributed by atoms with Crippen molar-refractivity contribution in [3.63, 3.8) is 0 Å². The average molecular weight is 462 g/mol. The summed E-state index contributed by atoms with van der Waals surface area (Å²) in [6, 6.07) is 7.04. The lowest BCUT2D eigenvalue weighted by atomic mass is 10.00. The van der Waals surface area contributed by atoms with Crippen molar-refractivity contribution in [1.82, 2.24) is 0 Å². The Morgan fingerprint density at radius 2 is 1.70 bits per heavy atom. The number of carbonyl (C=O) groups excluding carboxylic acids is 1. The van der Waals surface area contributed by atoms with Gasteiger partial charge in [-0.05, 0) is 56.2 Å². The summed E-state index contributed by atoms with van der Waals surface area (Å²) in [5.41, 5.74) is 1.72. The molecule has 0 bridgehead atoms. The summed E-state index contributed by atoms with van der Waals surface area (Å²) in [6.45, 7) is 7.36. The van der Waals surface area contributed by atoms with Gasteiger partial charge in [-0.25, -0.2) is 8.78 Å². The van der Waals surface area contributed by atoms with Gasteiger partial charge in [0, 0.05) is 11.6 Å². The average Bonchev–Trinajstić information content (AvgIpc) is 2.80. The molecule has 182 valence electrons. The number of carbonyl (C=O) groups is 1. The van der Waals surface area contributed by atoms with Gasteiger partial charge in [-0.15, -0.1) is 0 Å². The molecule has 0 heterocycles. The van der Waals surface area contributed by atoms with Crippen LogP contribution < -0.4 is 10.1 Å². The monoisotopic (exact) mass is 461 g/mol. The molecule has 1 unspecified atom stereocenters. The molecule has 2 N–H and O–H groups in total. The third-order valence-corrected chi connectivity index (χ3v) is 5.86. The van der Waals surface area contributed by atoms with Crippen LogP contribution in [0.25, 0.3) is 0 Å². The van der Waals surface area contributed by atoms with Gasteiger partial charge in [0.2, 0.25) is 0 Å². The molecule has 2 aromatic rings. The predicted molar refractivity (Wildman–Crippen MR) is 129 cm³/mol. The standard InChI is InChI=1S/C27H37F2NO3/c1-5-8-10-12-19-14-15-24(20(16-19)13-11-9-6-2)33-23(7-3)27(32)30-22-17-21(28)18(4)25(29)26(22)31/h14-17,23,31H,5-13H2,1-4H3,(H,30,32). The summed E-state index contributed by atoms with van der Waals surface area (Å²) < 4.78 is 34.0. The van der Waals surface area contributed by atoms with Crippen molar-refractivity contribution in [2.24, 2.45) is 0 Å². The van der Waals surface area contributed by atoms with E-state index in [1.165, 1.54) is 25.3 Å². The number of rotatable bonds is 13. The van der Waals surface area contributed by atoms with Gasteiger partial charge in [-0.3, -0.25) is 4.79 Å². The van der Waals surface area contributed by atoms with E-state index < -0.39 is 29.4 Å². The number of amides is 1. The Morgan fingerprint density at radius 1 is 1.03 bits per heavy atom. The Bertz CT molecular complexity index is 930. The number of anilines is 1. The van der Waals surface area contributed by atoms with E-state index in [-0.39, 0.29) is 11.3 Å². The van der Waals surface area contributed by atoms with Gasteiger partial charge >= 0.3 is 0 Å². The second kappa shape index (κ2) is 13.2. The number of aromatic hydroxyl groups is 1. The van der Waals surface area contributed by atoms with Gasteiger partial charge in [-0.1, -0.05) is 58.6 Å². The number of unbranched alkanes of at least 4 members (excludes halogenated alkanes) is 4. The number of halogens is 2. The summed E-state index contributed by atoms with van der Waals surface area (Å²) in [5.74, 6) is -2.63. The first-order valence-electron chi connectivity index (χ1n) is 12.1. The SMILES string of the molecule is CCCCCc1ccc(OC(CC)C(=O)Nc2cc(F)c(C)c(F)c2O)c(CCCCC)c1. The van der Waals surface area contributed by atoms with Crippen molar-refractivity contribution < 1.29 is 23.4 Å². The van der Waals surface area contributed by atoms with Crippen LogP contribution in [0, 0.1) is 18.6 Å². The Morgan fingerprint density at radius 3 is 2.33 bits per heavy atom. The number of hydrogen-bond donors (Lipinski definition) is 2. The molecule has 0 aromatic heterocycles. The van der Waals surface area contributed by atoms with E-state index >= 15 is 0 Å². The number of nitrogens with one attached hydrogen (secondary N) is 1. The molecule has 33 heavy (non-hydrogen) atoms. The third kappa shape index (κ3) is 7.44. The molecule has 0 aliphatic rings. The number of ether oxygens (including phenoxy) is 1. The zero-order valence-corrected chi connectivity index (χ0v) is 20.3. The van der Waals surface area contributed by atoms with Crippen LogP contribution in [0.2, 0.25) is 0 Å². The molecule has 0 aliphatic heterocycles. The molecule has 0 spiro atoms. The van der Waals surface area contributed by atoms with E-state index in [4.69, 9.17) is 4.74 Å². The largest absolute Gasteiger partial charge is 0.503 e. The number of phenols is 1. The molecule has 6 heteroatoms. The number of benzene rings is 2. The minimum absolute atomic E-state index is 0.301. The maximum Gasteiger partial charge on any atom is 0.265 e. The van der Waals surface area contributed by atoms with Gasteiger partial charge in [0.15, 0.2) is 17.7 Å². The minimum Gasteiger partial charge on any atom is -0.503 e. The number of phenolic OH excluding ortho intramolecular Hbond substituents is 1. The van der Waals surface area contributed by atoms with E-state index in [0.717, 1.165) is 50.2 Å². The number of hydrogen-bond acceptors (Lipinski definition) is 3. The highest BCUT2D eigenvalue weighted by Crippen LogP contribution is 2.31. The van der Waals surface area contributed by atoms with Crippen LogP contribution in [0.4, 0.5) is 14.5 Å². The normalized spacial score (nSPS) is 11.9. The van der Waals surface area contributed by atoms with Crippen molar-refractivity contribution in [1.29, 1.82) is 0 Å². The predicted octanol–water partition coefficient (Wildman–Crippen LogP) is 7.24. The molecule has 2 aromatic carbocycles. The van der Waals surface area contributed by atoms with E-state index in [2.05, 4.69) is 25.2 Å². The Labute approximate surface area is 196 Å². The zero-order chi connectivity index (χ0) is 24.4. The van der Waals surface area contributed by atoms with E-state index in [0.29, 0.717) is 12.2 Å². The molecule has 4 nitrogen and oxygen atoms in total. The molecule has 0 radical (unpaired) electrons. The second-order valence-corrected chi connectivity index (χ2v) is 8.55. The first-order chi connectivity index (χ1) is 15.8. The van der Waals surface area contributed by atoms with Crippen LogP contribution in [0.5, 0.6) is 11.5 Å². The summed E-state index contributed by atoms with van der Waals surface area (Å²) in [4.78, 5) is 12.8. The third-order valence-electron chi connectivity index (χ3n) is 5.86. The Balaban J connectivity index is 2.20. The van der Waals surface area contributed by atoms with E-state index in [1.54, 1.807) is 6.92 Å². The molecule has 0 fully saturated rings. The fourth-order valence-electron chi connectivity index (χ4n) is 3.73. The molecule has 1 amide bonds. The molecular weight excluding hydrogens is 424 g/mol. The van der Waals surface area contributed by atoms with E-state index in [1.807, 2.05) is 12.1 Å². The lowest BCUT2D eigenvalue weighted by Gasteiger charge is -2.21. The Hall–Kier alpha value is -2.63. The van der Waals surface area contributed by atoms with Crippen LogP contribution in [0.15, 0.2) is 24.3 Å². The van der Waals surface area contributed by atoms with Gasteiger partial charge in [-0.2, -0.15) is 0 Å². The first-order valence-corrected chi connectivity index (χ1v) is 12.1. The highest BCUT2D eigenvalue weighted by atomic mass is 19.1. The Kier molecular flexibility index (Phi) is 10.6. The summed E-state index contributed by atoms with van der Waals surface area (Å²) >= 11 is 0. The summed E-state index contributed by atoms with van der Waals surface area (Å²) in [5, 5.41) is 12.4. The highest BCUT2D eigenvalue weighted by molar-refractivity contribution is 5.95. The fraction of sp³-hybridized carbons (Fsp3) is 0.519. The quantitative estimate of drug-likeness (QED) is 0.244. The van der Waals surface area contributed by atoms with Gasteiger partial charge < -0.3 is 15.2 Å². The van der Waals surface area contributed by atoms with Gasteiger partial charge in [0.25, 0.3) is 5.91 Å². The lowest BCUT2D eigenvalue weighted by molar-refractivity contribution is -0.122. The fourth-order valence-corrected chi connectivity index (χ4v) is 3.73. The highest BCUT2D eigenvalue weighted by Gasteiger charge is 2.23. The van der Waals surface area contributed by atoms with Crippen LogP contribution in [0.1, 0.15) is 82.4 Å². The molecule has 0 saturated carbocycles. The lowest BCUT2D eigenvalue weighted by Crippen LogP contribution is -2.32. The first kappa shape index (κ1) is 26.6.